The first-order chi connectivity index (χ1) is 24.0. The van der Waals surface area contributed by atoms with Crippen LogP contribution in [0.2, 0.25) is 5.02 Å². The van der Waals surface area contributed by atoms with Crippen molar-refractivity contribution in [3.63, 3.8) is 0 Å². The van der Waals surface area contributed by atoms with Crippen molar-refractivity contribution in [2.75, 3.05) is 50.5 Å². The van der Waals surface area contributed by atoms with Crippen LogP contribution in [0.1, 0.15) is 75.2 Å². The summed E-state index contributed by atoms with van der Waals surface area (Å²) in [5.74, 6) is 0.889. The monoisotopic (exact) mass is 676 g/mol. The maximum Gasteiger partial charge on any atom is 0.120 e. The van der Waals surface area contributed by atoms with E-state index in [1.54, 1.807) is 7.11 Å². The van der Waals surface area contributed by atoms with Gasteiger partial charge in [-0.1, -0.05) is 43.6 Å². The molecule has 0 spiro atoms. The number of ether oxygens (including phenoxy) is 1. The summed E-state index contributed by atoms with van der Waals surface area (Å²) in [5.41, 5.74) is 9.47. The molecule has 3 aliphatic rings. The fraction of sp³-hybridized carbons (Fsp3) is 0.463. The highest BCUT2D eigenvalue weighted by Crippen LogP contribution is 2.43. The number of rotatable bonds is 8. The molecular weight excluding hydrogens is 628 g/mol. The topological polar surface area (TPSA) is 65.5 Å². The smallest absolute Gasteiger partial charge is 0.120 e. The Morgan fingerprint density at radius 1 is 0.796 bits per heavy atom. The third-order valence-electron chi connectivity index (χ3n) is 11.5. The van der Waals surface area contributed by atoms with E-state index >= 15 is 0 Å². The lowest BCUT2D eigenvalue weighted by atomic mass is 9.88. The van der Waals surface area contributed by atoms with Crippen molar-refractivity contribution in [2.24, 2.45) is 0 Å². The number of hydrogen-bond acceptors (Lipinski definition) is 7. The van der Waals surface area contributed by atoms with Crippen molar-refractivity contribution in [1.82, 2.24) is 19.8 Å². The summed E-state index contributed by atoms with van der Waals surface area (Å²) in [6, 6.07) is 20.2. The molecule has 5 aromatic rings. The lowest BCUT2D eigenvalue weighted by molar-refractivity contribution is 0.149. The van der Waals surface area contributed by atoms with Crippen LogP contribution in [0.3, 0.4) is 0 Å². The number of nitrogens with one attached hydrogen (secondary N) is 2. The van der Waals surface area contributed by atoms with Gasteiger partial charge >= 0.3 is 0 Å². The first kappa shape index (κ1) is 32.5. The van der Waals surface area contributed by atoms with Crippen LogP contribution in [0.4, 0.5) is 11.4 Å². The molecule has 0 saturated carbocycles. The maximum absolute atomic E-state index is 6.46. The van der Waals surface area contributed by atoms with E-state index < -0.39 is 0 Å². The highest BCUT2D eigenvalue weighted by Gasteiger charge is 2.33. The zero-order chi connectivity index (χ0) is 33.5. The molecule has 7 nitrogen and oxygen atoms in total. The number of piperidine rings is 2. The summed E-state index contributed by atoms with van der Waals surface area (Å²) in [6.45, 7) is 9.94. The second-order valence-corrected chi connectivity index (χ2v) is 14.7. The molecule has 2 unspecified atom stereocenters. The van der Waals surface area contributed by atoms with Gasteiger partial charge in [-0.15, -0.1) is 0 Å². The number of methoxy groups -OCH3 is 1. The van der Waals surface area contributed by atoms with Gasteiger partial charge in [-0.25, -0.2) is 4.98 Å². The SMILES string of the molecule is CCN1CCC(Nc2c3ccccc3nc3c(C4CC(Nc5c6c(nc7cc(Cl)ccc57)CCCC6)CCN4CC)cc(OC)cc23)CC1. The molecule has 8 heteroatoms. The molecule has 0 bridgehead atoms. The Labute approximate surface area is 295 Å². The van der Waals surface area contributed by atoms with E-state index in [4.69, 9.17) is 26.3 Å². The third kappa shape index (κ3) is 6.30. The zero-order valence-electron chi connectivity index (χ0n) is 29.2. The van der Waals surface area contributed by atoms with Crippen molar-refractivity contribution >= 4 is 55.7 Å². The molecule has 0 amide bonds. The number of halogens is 1. The van der Waals surface area contributed by atoms with Crippen molar-refractivity contribution in [1.29, 1.82) is 0 Å². The van der Waals surface area contributed by atoms with Crippen LogP contribution in [-0.4, -0.2) is 71.7 Å². The summed E-state index contributed by atoms with van der Waals surface area (Å²) in [5, 5.41) is 12.4. The van der Waals surface area contributed by atoms with Gasteiger partial charge in [0.2, 0.25) is 0 Å². The van der Waals surface area contributed by atoms with E-state index in [2.05, 4.69) is 76.7 Å². The molecule has 1 aliphatic carbocycles. The number of benzene rings is 3. The highest BCUT2D eigenvalue weighted by atomic mass is 35.5. The second-order valence-electron chi connectivity index (χ2n) is 14.3. The number of aryl methyl sites for hydroxylation is 1. The predicted molar refractivity (Wildman–Crippen MR) is 205 cm³/mol. The molecule has 0 radical (unpaired) electrons. The fourth-order valence-corrected chi connectivity index (χ4v) is 8.90. The maximum atomic E-state index is 6.46. The van der Waals surface area contributed by atoms with Crippen LogP contribution in [0.5, 0.6) is 5.75 Å². The van der Waals surface area contributed by atoms with Gasteiger partial charge in [-0.2, -0.15) is 0 Å². The van der Waals surface area contributed by atoms with Crippen molar-refractivity contribution in [2.45, 2.75) is 83.3 Å². The first-order valence-corrected chi connectivity index (χ1v) is 18.9. The van der Waals surface area contributed by atoms with Gasteiger partial charge < -0.3 is 20.3 Å². The van der Waals surface area contributed by atoms with Gasteiger partial charge in [0.05, 0.1) is 29.3 Å². The molecule has 3 aromatic carbocycles. The number of hydrogen-bond donors (Lipinski definition) is 2. The standard InChI is InChI=1S/C41H49ClN6O/c1-4-47-19-16-27(17-20-47)43-40-31-11-7-9-13-36(31)46-41-33(24-29(49-3)25-34(40)41)38-23-28(18-21-48(38)5-2)44-39-30-10-6-8-12-35(30)45-37-22-26(42)14-15-32(37)39/h7,9,11,13-15,22,24-25,27-28,38H,4-6,8,10,12,16-21,23H2,1-3H3,(H,43,46)(H,44,45). The lowest BCUT2D eigenvalue weighted by Gasteiger charge is -2.40. The average Bonchev–Trinajstić information content (AvgIpc) is 3.14. The molecule has 256 valence electrons. The van der Waals surface area contributed by atoms with E-state index in [0.717, 1.165) is 104 Å². The van der Waals surface area contributed by atoms with Gasteiger partial charge in [0.25, 0.3) is 0 Å². The Bertz CT molecular complexity index is 1990. The van der Waals surface area contributed by atoms with Gasteiger partial charge in [0, 0.05) is 70.3 Å². The predicted octanol–water partition coefficient (Wildman–Crippen LogP) is 9.01. The molecule has 2 aromatic heterocycles. The lowest BCUT2D eigenvalue weighted by Crippen LogP contribution is -2.41. The van der Waals surface area contributed by atoms with Gasteiger partial charge in [-0.3, -0.25) is 9.88 Å². The number of pyridine rings is 2. The van der Waals surface area contributed by atoms with Crippen molar-refractivity contribution < 1.29 is 4.74 Å². The van der Waals surface area contributed by atoms with Gasteiger partial charge in [0.15, 0.2) is 0 Å². The number of fused-ring (bicyclic) bond motifs is 4. The Kier molecular flexibility index (Phi) is 9.25. The van der Waals surface area contributed by atoms with Crippen molar-refractivity contribution in [3.8, 4) is 5.75 Å². The molecule has 49 heavy (non-hydrogen) atoms. The Morgan fingerprint density at radius 2 is 1.57 bits per heavy atom. The minimum atomic E-state index is 0.196. The second kappa shape index (κ2) is 13.9. The summed E-state index contributed by atoms with van der Waals surface area (Å²) in [6.07, 6.45) is 8.86. The summed E-state index contributed by atoms with van der Waals surface area (Å²) in [4.78, 5) is 15.7. The Balaban J connectivity index is 1.20. The minimum Gasteiger partial charge on any atom is -0.497 e. The van der Waals surface area contributed by atoms with E-state index in [1.807, 2.05) is 12.1 Å². The molecule has 2 fully saturated rings. The molecule has 8 rings (SSSR count). The van der Waals surface area contributed by atoms with Crippen LogP contribution in [-0.2, 0) is 12.8 Å². The van der Waals surface area contributed by atoms with Crippen LogP contribution < -0.4 is 15.4 Å². The molecule has 2 N–H and O–H groups in total. The zero-order valence-corrected chi connectivity index (χ0v) is 30.0. The third-order valence-corrected chi connectivity index (χ3v) is 11.7. The quantitative estimate of drug-likeness (QED) is 0.159. The van der Waals surface area contributed by atoms with Crippen LogP contribution in [0, 0.1) is 0 Å². The van der Waals surface area contributed by atoms with Crippen LogP contribution in [0.25, 0.3) is 32.7 Å². The van der Waals surface area contributed by atoms with E-state index in [0.29, 0.717) is 12.1 Å². The average molecular weight is 677 g/mol. The molecular formula is C41H49ClN6O. The fourth-order valence-electron chi connectivity index (χ4n) is 8.73. The Morgan fingerprint density at radius 3 is 2.39 bits per heavy atom. The summed E-state index contributed by atoms with van der Waals surface area (Å²) in [7, 11) is 1.79. The van der Waals surface area contributed by atoms with Gasteiger partial charge in [0.1, 0.15) is 5.75 Å². The summed E-state index contributed by atoms with van der Waals surface area (Å²) < 4.78 is 6.04. The number of aromatic nitrogens is 2. The van der Waals surface area contributed by atoms with Crippen LogP contribution >= 0.6 is 11.6 Å². The minimum absolute atomic E-state index is 0.196. The first-order valence-electron chi connectivity index (χ1n) is 18.5. The van der Waals surface area contributed by atoms with Gasteiger partial charge in [-0.05, 0) is 112 Å². The number of likely N-dealkylation sites (tertiary alicyclic amines) is 2. The van der Waals surface area contributed by atoms with Crippen molar-refractivity contribution in [3.05, 3.63) is 76.4 Å². The molecule has 2 atom stereocenters. The van der Waals surface area contributed by atoms with E-state index in [9.17, 15) is 0 Å². The van der Waals surface area contributed by atoms with E-state index in [1.165, 1.54) is 51.8 Å². The number of anilines is 2. The summed E-state index contributed by atoms with van der Waals surface area (Å²) >= 11 is 6.46. The molecule has 2 saturated heterocycles. The number of nitrogens with zero attached hydrogens (tertiary/aromatic N) is 4. The number of para-hydroxylation sites is 1. The largest absolute Gasteiger partial charge is 0.497 e. The highest BCUT2D eigenvalue weighted by molar-refractivity contribution is 6.31. The molecule has 4 heterocycles. The Hall–Kier alpha value is -3.65. The van der Waals surface area contributed by atoms with E-state index in [-0.39, 0.29) is 6.04 Å². The normalized spacial score (nSPS) is 20.9. The van der Waals surface area contributed by atoms with Crippen LogP contribution in [0.15, 0.2) is 54.6 Å². The molecule has 2 aliphatic heterocycles.